The Balaban J connectivity index is 1.81. The molecule has 3 aromatic rings. The molecule has 0 spiro atoms. The second-order valence-electron chi connectivity index (χ2n) is 7.00. The van der Waals surface area contributed by atoms with E-state index in [1.54, 1.807) is 12.3 Å². The number of hydrogen-bond acceptors (Lipinski definition) is 6. The highest BCUT2D eigenvalue weighted by molar-refractivity contribution is 7.98. The van der Waals surface area contributed by atoms with Crippen LogP contribution in [0.1, 0.15) is 29.5 Å². The van der Waals surface area contributed by atoms with Crippen LogP contribution in [-0.4, -0.2) is 35.0 Å². The van der Waals surface area contributed by atoms with Crippen molar-refractivity contribution >= 4 is 45.6 Å². The van der Waals surface area contributed by atoms with Crippen LogP contribution < -0.4 is 10.9 Å². The van der Waals surface area contributed by atoms with Crippen LogP contribution in [0.15, 0.2) is 32.0 Å². The first-order chi connectivity index (χ1) is 13.8. The van der Waals surface area contributed by atoms with E-state index in [4.69, 9.17) is 8.83 Å². The zero-order valence-corrected chi connectivity index (χ0v) is 17.4. The van der Waals surface area contributed by atoms with Crippen LogP contribution in [0.3, 0.4) is 0 Å². The summed E-state index contributed by atoms with van der Waals surface area (Å²) in [5.74, 6) is -0.834. The standard InChI is InChI=1S/C21H23NO6S/c1-11-10-27-17-9-18-15(8-14(11)17)12(2)13(21(26)28-18)4-5-19(23)22-16(20(24)25)6-7-29-3/h8-10,16H,4-7H2,1-3H3,(H,22,23)(H,24,25). The van der Waals surface area contributed by atoms with Gasteiger partial charge in [0.1, 0.15) is 17.2 Å². The van der Waals surface area contributed by atoms with Gasteiger partial charge in [-0.3, -0.25) is 4.79 Å². The Bertz CT molecular complexity index is 1130. The lowest BCUT2D eigenvalue weighted by Crippen LogP contribution is -2.41. The van der Waals surface area contributed by atoms with Crippen LogP contribution in [0.5, 0.6) is 0 Å². The number of carbonyl (C=O) groups is 2. The summed E-state index contributed by atoms with van der Waals surface area (Å²) >= 11 is 1.52. The Morgan fingerprint density at radius 2 is 1.97 bits per heavy atom. The summed E-state index contributed by atoms with van der Waals surface area (Å²) in [4.78, 5) is 36.0. The number of hydrogen-bond donors (Lipinski definition) is 2. The van der Waals surface area contributed by atoms with E-state index in [2.05, 4.69) is 5.32 Å². The predicted molar refractivity (Wildman–Crippen MR) is 113 cm³/mol. The summed E-state index contributed by atoms with van der Waals surface area (Å²) in [5.41, 5.74) is 2.74. The Morgan fingerprint density at radius 1 is 1.21 bits per heavy atom. The van der Waals surface area contributed by atoms with Gasteiger partial charge in [0.2, 0.25) is 5.91 Å². The molecule has 3 rings (SSSR count). The Labute approximate surface area is 171 Å². The third-order valence-electron chi connectivity index (χ3n) is 5.02. The molecule has 0 fully saturated rings. The van der Waals surface area contributed by atoms with Gasteiger partial charge in [0.05, 0.1) is 6.26 Å². The Kier molecular flexibility index (Phi) is 6.32. The fourth-order valence-corrected chi connectivity index (χ4v) is 3.80. The maximum Gasteiger partial charge on any atom is 0.339 e. The number of rotatable bonds is 8. The van der Waals surface area contributed by atoms with Gasteiger partial charge < -0.3 is 19.3 Å². The molecule has 2 N–H and O–H groups in total. The number of amides is 1. The number of thioether (sulfide) groups is 1. The van der Waals surface area contributed by atoms with Crippen molar-refractivity contribution in [3.05, 3.63) is 45.5 Å². The van der Waals surface area contributed by atoms with Gasteiger partial charge in [-0.2, -0.15) is 11.8 Å². The van der Waals surface area contributed by atoms with E-state index < -0.39 is 23.5 Å². The molecule has 2 heterocycles. The smallest absolute Gasteiger partial charge is 0.339 e. The number of nitrogens with one attached hydrogen (secondary N) is 1. The first-order valence-corrected chi connectivity index (χ1v) is 10.7. The van der Waals surface area contributed by atoms with E-state index >= 15 is 0 Å². The molecule has 154 valence electrons. The molecule has 0 aliphatic carbocycles. The summed E-state index contributed by atoms with van der Waals surface area (Å²) in [6.07, 6.45) is 4.05. The topological polar surface area (TPSA) is 110 Å². The molecule has 8 heteroatoms. The molecule has 1 amide bonds. The average molecular weight is 417 g/mol. The first-order valence-electron chi connectivity index (χ1n) is 9.27. The van der Waals surface area contributed by atoms with Crippen molar-refractivity contribution < 1.29 is 23.5 Å². The van der Waals surface area contributed by atoms with E-state index in [-0.39, 0.29) is 12.8 Å². The third-order valence-corrected chi connectivity index (χ3v) is 5.66. The van der Waals surface area contributed by atoms with Crippen LogP contribution in [0, 0.1) is 13.8 Å². The molecule has 1 atom stereocenters. The fraction of sp³-hybridized carbons (Fsp3) is 0.381. The number of aliphatic carboxylic acids is 1. The normalized spacial score (nSPS) is 12.4. The van der Waals surface area contributed by atoms with Crippen molar-refractivity contribution in [3.63, 3.8) is 0 Å². The largest absolute Gasteiger partial charge is 0.480 e. The summed E-state index contributed by atoms with van der Waals surface area (Å²) in [5, 5.41) is 13.5. The third kappa shape index (κ3) is 4.48. The van der Waals surface area contributed by atoms with E-state index in [0.717, 1.165) is 21.9 Å². The van der Waals surface area contributed by atoms with Gasteiger partial charge in [-0.25, -0.2) is 9.59 Å². The maximum absolute atomic E-state index is 12.5. The molecule has 7 nitrogen and oxygen atoms in total. The summed E-state index contributed by atoms with van der Waals surface area (Å²) in [6.45, 7) is 3.76. The zero-order valence-electron chi connectivity index (χ0n) is 16.5. The average Bonchev–Trinajstić information content (AvgIpc) is 3.03. The second kappa shape index (κ2) is 8.73. The molecule has 0 radical (unpaired) electrons. The van der Waals surface area contributed by atoms with Gasteiger partial charge >= 0.3 is 11.6 Å². The molecule has 1 unspecified atom stereocenters. The molecular formula is C21H23NO6S. The minimum Gasteiger partial charge on any atom is -0.480 e. The summed E-state index contributed by atoms with van der Waals surface area (Å²) in [7, 11) is 0. The van der Waals surface area contributed by atoms with Gasteiger partial charge in [-0.15, -0.1) is 0 Å². The molecule has 29 heavy (non-hydrogen) atoms. The molecule has 0 saturated carbocycles. The van der Waals surface area contributed by atoms with Crippen molar-refractivity contribution in [1.82, 2.24) is 5.32 Å². The summed E-state index contributed by atoms with van der Waals surface area (Å²) < 4.78 is 10.9. The highest BCUT2D eigenvalue weighted by Gasteiger charge is 2.20. The number of furan rings is 1. The van der Waals surface area contributed by atoms with E-state index in [1.165, 1.54) is 11.8 Å². The molecule has 0 bridgehead atoms. The molecular weight excluding hydrogens is 394 g/mol. The number of carboxylic acids is 1. The number of fused-ring (bicyclic) bond motifs is 2. The first kappa shape index (κ1) is 21.0. The lowest BCUT2D eigenvalue weighted by molar-refractivity contribution is -0.141. The Morgan fingerprint density at radius 3 is 2.66 bits per heavy atom. The molecule has 0 aliphatic heterocycles. The van der Waals surface area contributed by atoms with E-state index in [9.17, 15) is 19.5 Å². The van der Waals surface area contributed by atoms with Crippen LogP contribution >= 0.6 is 11.8 Å². The Hall–Kier alpha value is -2.74. The van der Waals surface area contributed by atoms with Crippen molar-refractivity contribution in [2.24, 2.45) is 0 Å². The van der Waals surface area contributed by atoms with Crippen LogP contribution in [0.2, 0.25) is 0 Å². The highest BCUT2D eigenvalue weighted by Crippen LogP contribution is 2.29. The van der Waals surface area contributed by atoms with Gasteiger partial charge in [0.15, 0.2) is 0 Å². The predicted octanol–water partition coefficient (Wildman–Crippen LogP) is 3.41. The molecule has 0 aliphatic rings. The van der Waals surface area contributed by atoms with E-state index in [1.807, 2.05) is 26.2 Å². The van der Waals surface area contributed by atoms with Gasteiger partial charge in [-0.05, 0) is 55.9 Å². The number of carboxylic acid groups (broad SMARTS) is 1. The van der Waals surface area contributed by atoms with Gasteiger partial charge in [0, 0.05) is 28.8 Å². The molecule has 1 aromatic carbocycles. The minimum absolute atomic E-state index is 0.00708. The van der Waals surface area contributed by atoms with Crippen LogP contribution in [-0.2, 0) is 16.0 Å². The zero-order chi connectivity index (χ0) is 21.1. The number of benzene rings is 1. The van der Waals surface area contributed by atoms with Gasteiger partial charge in [0.25, 0.3) is 0 Å². The van der Waals surface area contributed by atoms with Crippen LogP contribution in [0.25, 0.3) is 21.9 Å². The number of carbonyl (C=O) groups excluding carboxylic acids is 1. The van der Waals surface area contributed by atoms with Gasteiger partial charge in [-0.1, -0.05) is 0 Å². The number of aryl methyl sites for hydroxylation is 2. The van der Waals surface area contributed by atoms with Crippen molar-refractivity contribution in [2.75, 3.05) is 12.0 Å². The lowest BCUT2D eigenvalue weighted by Gasteiger charge is -2.14. The quantitative estimate of drug-likeness (QED) is 0.541. The minimum atomic E-state index is -1.06. The van der Waals surface area contributed by atoms with E-state index in [0.29, 0.717) is 28.9 Å². The van der Waals surface area contributed by atoms with Crippen molar-refractivity contribution in [3.8, 4) is 0 Å². The highest BCUT2D eigenvalue weighted by atomic mass is 32.2. The molecule has 2 aromatic heterocycles. The SMILES string of the molecule is CSCCC(NC(=O)CCc1c(C)c2cc3c(C)coc3cc2oc1=O)C(=O)O. The fourth-order valence-electron chi connectivity index (χ4n) is 3.32. The van der Waals surface area contributed by atoms with Crippen molar-refractivity contribution in [2.45, 2.75) is 39.2 Å². The van der Waals surface area contributed by atoms with Crippen LogP contribution in [0.4, 0.5) is 0 Å². The monoisotopic (exact) mass is 417 g/mol. The second-order valence-corrected chi connectivity index (χ2v) is 7.98. The van der Waals surface area contributed by atoms with Crippen molar-refractivity contribution in [1.29, 1.82) is 0 Å². The lowest BCUT2D eigenvalue weighted by atomic mass is 10.0. The summed E-state index contributed by atoms with van der Waals surface area (Å²) in [6, 6.07) is 2.70. The molecule has 0 saturated heterocycles. The maximum atomic E-state index is 12.5.